The van der Waals surface area contributed by atoms with Crippen LogP contribution in [0, 0.1) is 0 Å². The van der Waals surface area contributed by atoms with Gasteiger partial charge in [-0.2, -0.15) is 13.2 Å². The molecule has 1 aliphatic rings. The standard InChI is InChI=1S/C15H13F3N2O4/c1-20(8-15(16,17)18)14(21)10-7-12(24-19-10)9-2-3-11-13(6-9)23-5-4-22-11/h2-3,6-7H,4-5,8H2,1H3. The van der Waals surface area contributed by atoms with Gasteiger partial charge in [-0.1, -0.05) is 5.16 Å². The number of carbonyl (C=O) groups is 1. The molecular formula is C15H13F3N2O4. The number of halogens is 3. The molecule has 0 spiro atoms. The summed E-state index contributed by atoms with van der Waals surface area (Å²) >= 11 is 0. The molecule has 3 rings (SSSR count). The highest BCUT2D eigenvalue weighted by atomic mass is 19.4. The van der Waals surface area contributed by atoms with Crippen molar-refractivity contribution in [2.75, 3.05) is 26.8 Å². The molecule has 1 aliphatic heterocycles. The molecule has 128 valence electrons. The number of aromatic nitrogens is 1. The molecule has 2 heterocycles. The summed E-state index contributed by atoms with van der Waals surface area (Å²) < 4.78 is 53.0. The molecule has 0 fully saturated rings. The van der Waals surface area contributed by atoms with Crippen molar-refractivity contribution >= 4 is 5.91 Å². The van der Waals surface area contributed by atoms with Gasteiger partial charge < -0.3 is 18.9 Å². The number of rotatable bonds is 3. The Morgan fingerprint density at radius 2 is 1.92 bits per heavy atom. The van der Waals surface area contributed by atoms with E-state index in [0.29, 0.717) is 35.2 Å². The van der Waals surface area contributed by atoms with Crippen molar-refractivity contribution in [2.45, 2.75) is 6.18 Å². The van der Waals surface area contributed by atoms with E-state index < -0.39 is 18.6 Å². The van der Waals surface area contributed by atoms with Gasteiger partial charge in [0.25, 0.3) is 5.91 Å². The van der Waals surface area contributed by atoms with Crippen molar-refractivity contribution in [1.29, 1.82) is 0 Å². The Bertz CT molecular complexity index is 757. The van der Waals surface area contributed by atoms with Gasteiger partial charge in [-0.15, -0.1) is 0 Å². The maximum absolute atomic E-state index is 12.3. The van der Waals surface area contributed by atoms with Crippen molar-refractivity contribution in [3.8, 4) is 22.8 Å². The molecule has 1 aromatic heterocycles. The first-order chi connectivity index (χ1) is 11.3. The van der Waals surface area contributed by atoms with Gasteiger partial charge in [0.2, 0.25) is 0 Å². The molecule has 2 aromatic rings. The van der Waals surface area contributed by atoms with Gasteiger partial charge in [-0.3, -0.25) is 4.79 Å². The second-order valence-electron chi connectivity index (χ2n) is 5.21. The minimum Gasteiger partial charge on any atom is -0.486 e. The van der Waals surface area contributed by atoms with E-state index in [9.17, 15) is 18.0 Å². The third-order valence-electron chi connectivity index (χ3n) is 3.32. The van der Waals surface area contributed by atoms with Crippen molar-refractivity contribution in [3.63, 3.8) is 0 Å². The zero-order valence-corrected chi connectivity index (χ0v) is 12.6. The average Bonchev–Trinajstić information content (AvgIpc) is 3.02. The fraction of sp³-hybridized carbons (Fsp3) is 0.333. The van der Waals surface area contributed by atoms with Gasteiger partial charge in [-0.05, 0) is 18.2 Å². The lowest BCUT2D eigenvalue weighted by Crippen LogP contribution is -2.35. The van der Waals surface area contributed by atoms with E-state index in [1.807, 2.05) is 0 Å². The number of hydrogen-bond acceptors (Lipinski definition) is 5. The Kier molecular flexibility index (Phi) is 4.08. The Morgan fingerprint density at radius 3 is 2.62 bits per heavy atom. The third-order valence-corrected chi connectivity index (χ3v) is 3.32. The van der Waals surface area contributed by atoms with Gasteiger partial charge in [0.1, 0.15) is 19.8 Å². The Hall–Kier alpha value is -2.71. The van der Waals surface area contributed by atoms with E-state index in [2.05, 4.69) is 5.16 Å². The van der Waals surface area contributed by atoms with E-state index in [1.165, 1.54) is 6.07 Å². The highest BCUT2D eigenvalue weighted by Crippen LogP contribution is 2.34. The number of alkyl halides is 3. The fourth-order valence-corrected chi connectivity index (χ4v) is 2.24. The quantitative estimate of drug-likeness (QED) is 0.858. The minimum atomic E-state index is -4.48. The predicted octanol–water partition coefficient (Wildman–Crippen LogP) is 2.75. The molecule has 0 aliphatic carbocycles. The van der Waals surface area contributed by atoms with Gasteiger partial charge in [0.05, 0.1) is 0 Å². The summed E-state index contributed by atoms with van der Waals surface area (Å²) in [7, 11) is 1.05. The normalized spacial score (nSPS) is 13.7. The fourth-order valence-electron chi connectivity index (χ4n) is 2.24. The third kappa shape index (κ3) is 3.44. The average molecular weight is 342 g/mol. The summed E-state index contributed by atoms with van der Waals surface area (Å²) in [5.74, 6) is 0.485. The molecule has 6 nitrogen and oxygen atoms in total. The van der Waals surface area contributed by atoms with Crippen LogP contribution in [0.15, 0.2) is 28.8 Å². The first kappa shape index (κ1) is 16.2. The molecule has 0 N–H and O–H groups in total. The van der Waals surface area contributed by atoms with E-state index in [1.54, 1.807) is 18.2 Å². The van der Waals surface area contributed by atoms with Crippen LogP contribution in [0.4, 0.5) is 13.2 Å². The number of hydrogen-bond donors (Lipinski definition) is 0. The minimum absolute atomic E-state index is 0.202. The molecule has 0 saturated carbocycles. The molecule has 0 unspecified atom stereocenters. The SMILES string of the molecule is CN(CC(F)(F)F)C(=O)c1cc(-c2ccc3c(c2)OCCO3)on1. The summed E-state index contributed by atoms with van der Waals surface area (Å²) in [4.78, 5) is 12.5. The Balaban J connectivity index is 1.79. The van der Waals surface area contributed by atoms with Crippen molar-refractivity contribution in [2.24, 2.45) is 0 Å². The van der Waals surface area contributed by atoms with Crippen molar-refractivity contribution in [3.05, 3.63) is 30.0 Å². The second-order valence-corrected chi connectivity index (χ2v) is 5.21. The summed E-state index contributed by atoms with van der Waals surface area (Å²) in [5.41, 5.74) is 0.371. The van der Waals surface area contributed by atoms with Crippen LogP contribution in [0.5, 0.6) is 11.5 Å². The number of amides is 1. The molecule has 24 heavy (non-hydrogen) atoms. The van der Waals surface area contributed by atoms with E-state index in [0.717, 1.165) is 7.05 Å². The smallest absolute Gasteiger partial charge is 0.406 e. The zero-order valence-electron chi connectivity index (χ0n) is 12.6. The molecule has 9 heteroatoms. The van der Waals surface area contributed by atoms with Crippen LogP contribution in [0.2, 0.25) is 0 Å². The van der Waals surface area contributed by atoms with Crippen LogP contribution in [-0.4, -0.2) is 48.9 Å². The zero-order chi connectivity index (χ0) is 17.3. The van der Waals surface area contributed by atoms with E-state index in [4.69, 9.17) is 14.0 Å². The first-order valence-corrected chi connectivity index (χ1v) is 7.02. The second kappa shape index (κ2) is 6.06. The molecular weight excluding hydrogens is 329 g/mol. The summed E-state index contributed by atoms with van der Waals surface area (Å²) in [6, 6.07) is 6.31. The topological polar surface area (TPSA) is 64.8 Å². The molecule has 0 atom stereocenters. The Labute approximate surface area is 134 Å². The van der Waals surface area contributed by atoms with Crippen LogP contribution in [0.25, 0.3) is 11.3 Å². The number of nitrogens with zero attached hydrogens (tertiary/aromatic N) is 2. The highest BCUT2D eigenvalue weighted by molar-refractivity contribution is 5.93. The number of ether oxygens (including phenoxy) is 2. The lowest BCUT2D eigenvalue weighted by atomic mass is 10.1. The van der Waals surface area contributed by atoms with Gasteiger partial charge in [0.15, 0.2) is 23.0 Å². The van der Waals surface area contributed by atoms with E-state index >= 15 is 0 Å². The largest absolute Gasteiger partial charge is 0.486 e. The maximum atomic E-state index is 12.3. The summed E-state index contributed by atoms with van der Waals surface area (Å²) in [6.07, 6.45) is -4.48. The van der Waals surface area contributed by atoms with Crippen LogP contribution in [-0.2, 0) is 0 Å². The monoisotopic (exact) mass is 342 g/mol. The van der Waals surface area contributed by atoms with Gasteiger partial charge in [-0.25, -0.2) is 0 Å². The van der Waals surface area contributed by atoms with E-state index in [-0.39, 0.29) is 11.5 Å². The van der Waals surface area contributed by atoms with Gasteiger partial charge >= 0.3 is 6.18 Å². The maximum Gasteiger partial charge on any atom is 0.406 e. The van der Waals surface area contributed by atoms with Crippen LogP contribution in [0.1, 0.15) is 10.5 Å². The molecule has 0 saturated heterocycles. The summed E-state index contributed by atoms with van der Waals surface area (Å²) in [6.45, 7) is -0.490. The lowest BCUT2D eigenvalue weighted by molar-refractivity contribution is -0.138. The molecule has 0 bridgehead atoms. The first-order valence-electron chi connectivity index (χ1n) is 7.02. The van der Waals surface area contributed by atoms with Crippen molar-refractivity contribution in [1.82, 2.24) is 10.1 Å². The van der Waals surface area contributed by atoms with Crippen LogP contribution < -0.4 is 9.47 Å². The van der Waals surface area contributed by atoms with Crippen molar-refractivity contribution < 1.29 is 32.0 Å². The highest BCUT2D eigenvalue weighted by Gasteiger charge is 2.32. The number of benzene rings is 1. The predicted molar refractivity (Wildman–Crippen MR) is 75.9 cm³/mol. The lowest BCUT2D eigenvalue weighted by Gasteiger charge is -2.18. The number of fused-ring (bicyclic) bond motifs is 1. The van der Waals surface area contributed by atoms with Crippen LogP contribution in [0.3, 0.4) is 0 Å². The number of carbonyl (C=O) groups excluding carboxylic acids is 1. The van der Waals surface area contributed by atoms with Crippen LogP contribution >= 0.6 is 0 Å². The summed E-state index contributed by atoms with van der Waals surface area (Å²) in [5, 5.41) is 3.55. The molecule has 0 radical (unpaired) electrons. The molecule has 1 amide bonds. The Morgan fingerprint density at radius 1 is 1.21 bits per heavy atom. The molecule has 1 aromatic carbocycles. The van der Waals surface area contributed by atoms with Gasteiger partial charge in [0, 0.05) is 18.7 Å².